The molecular formula is C20H20ClN3OS. The summed E-state index contributed by atoms with van der Waals surface area (Å²) in [5.41, 5.74) is 1.84. The number of hydrogen-bond acceptors (Lipinski definition) is 4. The van der Waals surface area contributed by atoms with Crippen molar-refractivity contribution in [2.45, 2.75) is 0 Å². The van der Waals surface area contributed by atoms with Gasteiger partial charge in [-0.25, -0.2) is 4.98 Å². The number of halogens is 1. The Morgan fingerprint density at radius 2 is 1.92 bits per heavy atom. The average molecular weight is 386 g/mol. The summed E-state index contributed by atoms with van der Waals surface area (Å²) in [6.45, 7) is 1.32. The van der Waals surface area contributed by atoms with Crippen LogP contribution in [0.5, 0.6) is 0 Å². The summed E-state index contributed by atoms with van der Waals surface area (Å²) in [6.07, 6.45) is 3.43. The molecule has 0 saturated heterocycles. The maximum atomic E-state index is 12.8. The van der Waals surface area contributed by atoms with Gasteiger partial charge in [0.05, 0.1) is 10.2 Å². The number of carbonyl (C=O) groups excluding carboxylic acids is 1. The van der Waals surface area contributed by atoms with Gasteiger partial charge in [-0.1, -0.05) is 53.3 Å². The number of hydrogen-bond donors (Lipinski definition) is 0. The fourth-order valence-electron chi connectivity index (χ4n) is 2.42. The second-order valence-corrected chi connectivity index (χ2v) is 7.59. The summed E-state index contributed by atoms with van der Waals surface area (Å²) < 4.78 is 0.974. The van der Waals surface area contributed by atoms with Gasteiger partial charge >= 0.3 is 0 Å². The molecular weight excluding hydrogens is 366 g/mol. The minimum atomic E-state index is -0.0825. The van der Waals surface area contributed by atoms with Crippen molar-refractivity contribution in [3.05, 3.63) is 65.2 Å². The quantitative estimate of drug-likeness (QED) is 0.584. The van der Waals surface area contributed by atoms with Gasteiger partial charge in [0.1, 0.15) is 0 Å². The molecule has 26 heavy (non-hydrogen) atoms. The Morgan fingerprint density at radius 3 is 2.65 bits per heavy atom. The molecule has 6 heteroatoms. The fraction of sp³-hybridized carbons (Fsp3) is 0.200. The van der Waals surface area contributed by atoms with Gasteiger partial charge < -0.3 is 4.90 Å². The zero-order valence-corrected chi connectivity index (χ0v) is 16.3. The Bertz CT molecular complexity index is 921. The van der Waals surface area contributed by atoms with Crippen LogP contribution in [0.1, 0.15) is 5.56 Å². The van der Waals surface area contributed by atoms with E-state index < -0.39 is 0 Å². The molecule has 1 aromatic heterocycles. The lowest BCUT2D eigenvalue weighted by Gasteiger charge is -2.20. The third kappa shape index (κ3) is 4.69. The van der Waals surface area contributed by atoms with E-state index >= 15 is 0 Å². The molecule has 0 unspecified atom stereocenters. The van der Waals surface area contributed by atoms with Gasteiger partial charge in [-0.05, 0) is 43.9 Å². The zero-order valence-electron chi connectivity index (χ0n) is 14.7. The molecule has 0 atom stereocenters. The van der Waals surface area contributed by atoms with Gasteiger partial charge in [0.2, 0.25) is 0 Å². The van der Waals surface area contributed by atoms with Crippen LogP contribution in [0.2, 0.25) is 5.02 Å². The molecule has 0 fully saturated rings. The molecule has 0 bridgehead atoms. The van der Waals surface area contributed by atoms with E-state index in [0.29, 0.717) is 16.7 Å². The molecule has 3 aromatic rings. The van der Waals surface area contributed by atoms with Crippen LogP contribution in [0.4, 0.5) is 5.13 Å². The molecule has 3 rings (SSSR count). The van der Waals surface area contributed by atoms with Crippen molar-refractivity contribution in [2.24, 2.45) is 0 Å². The van der Waals surface area contributed by atoms with Crippen LogP contribution in [-0.2, 0) is 4.79 Å². The summed E-state index contributed by atoms with van der Waals surface area (Å²) in [5.74, 6) is -0.0825. The lowest BCUT2D eigenvalue weighted by atomic mass is 10.2. The van der Waals surface area contributed by atoms with Crippen LogP contribution >= 0.6 is 22.9 Å². The second-order valence-electron chi connectivity index (χ2n) is 6.15. The minimum absolute atomic E-state index is 0.0825. The van der Waals surface area contributed by atoms with E-state index in [1.165, 1.54) is 11.3 Å². The molecule has 0 radical (unpaired) electrons. The normalized spacial score (nSPS) is 11.5. The Morgan fingerprint density at radius 1 is 1.15 bits per heavy atom. The number of likely N-dealkylation sites (N-methyl/N-ethyl adjacent to an activating group) is 1. The standard InChI is InChI=1S/C20H20ClN3OS/c1-23(2)12-13-24(19(25)11-8-15-6-4-3-5-7-15)20-22-17-10-9-16(21)14-18(17)26-20/h3-11,14H,12-13H2,1-2H3. The highest BCUT2D eigenvalue weighted by atomic mass is 35.5. The Kier molecular flexibility index (Phi) is 6.04. The predicted octanol–water partition coefficient (Wildman–Crippen LogP) is 4.56. The van der Waals surface area contributed by atoms with Gasteiger partial charge in [-0.3, -0.25) is 9.69 Å². The number of rotatable bonds is 6. The summed E-state index contributed by atoms with van der Waals surface area (Å²) >= 11 is 7.55. The van der Waals surface area contributed by atoms with Crippen molar-refractivity contribution in [1.29, 1.82) is 0 Å². The molecule has 1 amide bonds. The highest BCUT2D eigenvalue weighted by Crippen LogP contribution is 2.31. The van der Waals surface area contributed by atoms with Crippen LogP contribution in [0.3, 0.4) is 0 Å². The number of benzene rings is 2. The molecule has 0 aliphatic carbocycles. The van der Waals surface area contributed by atoms with Crippen LogP contribution in [0, 0.1) is 0 Å². The summed E-state index contributed by atoms with van der Waals surface area (Å²) in [6, 6.07) is 15.4. The SMILES string of the molecule is CN(C)CCN(C(=O)C=Cc1ccccc1)c1nc2ccc(Cl)cc2s1. The monoisotopic (exact) mass is 385 g/mol. The van der Waals surface area contributed by atoms with Crippen molar-refractivity contribution in [3.8, 4) is 0 Å². The molecule has 134 valence electrons. The van der Waals surface area contributed by atoms with E-state index in [2.05, 4.69) is 4.98 Å². The molecule has 1 heterocycles. The smallest absolute Gasteiger partial charge is 0.252 e. The van der Waals surface area contributed by atoms with Gasteiger partial charge in [-0.15, -0.1) is 0 Å². The van der Waals surface area contributed by atoms with E-state index in [1.807, 2.05) is 73.6 Å². The number of anilines is 1. The van der Waals surface area contributed by atoms with Gasteiger partial charge in [0.25, 0.3) is 5.91 Å². The summed E-state index contributed by atoms with van der Waals surface area (Å²) in [5, 5.41) is 1.36. The average Bonchev–Trinajstić information content (AvgIpc) is 3.03. The van der Waals surface area contributed by atoms with Crippen molar-refractivity contribution >= 4 is 50.3 Å². The van der Waals surface area contributed by atoms with Crippen LogP contribution in [0.15, 0.2) is 54.6 Å². The number of carbonyl (C=O) groups is 1. The van der Waals surface area contributed by atoms with Crippen LogP contribution in [-0.4, -0.2) is 43.0 Å². The van der Waals surface area contributed by atoms with E-state index in [-0.39, 0.29) is 5.91 Å². The number of amides is 1. The third-order valence-electron chi connectivity index (χ3n) is 3.82. The molecule has 0 aliphatic rings. The third-order valence-corrected chi connectivity index (χ3v) is 5.10. The van der Waals surface area contributed by atoms with Crippen molar-refractivity contribution in [2.75, 3.05) is 32.1 Å². The molecule has 2 aromatic carbocycles. The maximum Gasteiger partial charge on any atom is 0.252 e. The van der Waals surface area contributed by atoms with Crippen LogP contribution < -0.4 is 4.90 Å². The number of thiazole rings is 1. The number of nitrogens with zero attached hydrogens (tertiary/aromatic N) is 3. The first-order valence-corrected chi connectivity index (χ1v) is 9.48. The predicted molar refractivity (Wildman–Crippen MR) is 111 cm³/mol. The van der Waals surface area contributed by atoms with Crippen LogP contribution in [0.25, 0.3) is 16.3 Å². The Labute approximate surface area is 162 Å². The second kappa shape index (κ2) is 8.45. The number of fused-ring (bicyclic) bond motifs is 1. The summed E-state index contributed by atoms with van der Waals surface area (Å²) in [4.78, 5) is 21.2. The molecule has 0 aliphatic heterocycles. The molecule has 0 spiro atoms. The van der Waals surface area contributed by atoms with Gasteiger partial charge in [0, 0.05) is 24.2 Å². The lowest BCUT2D eigenvalue weighted by Crippen LogP contribution is -2.35. The minimum Gasteiger partial charge on any atom is -0.308 e. The van der Waals surface area contributed by atoms with Gasteiger partial charge in [-0.2, -0.15) is 0 Å². The molecule has 0 saturated carbocycles. The number of aromatic nitrogens is 1. The van der Waals surface area contributed by atoms with E-state index in [1.54, 1.807) is 11.0 Å². The largest absolute Gasteiger partial charge is 0.308 e. The first kappa shape index (κ1) is 18.6. The van der Waals surface area contributed by atoms with E-state index in [0.717, 1.165) is 22.3 Å². The Hall–Kier alpha value is -2.21. The first-order valence-electron chi connectivity index (χ1n) is 8.28. The van der Waals surface area contributed by atoms with E-state index in [4.69, 9.17) is 11.6 Å². The maximum absolute atomic E-state index is 12.8. The highest BCUT2D eigenvalue weighted by Gasteiger charge is 2.18. The summed E-state index contributed by atoms with van der Waals surface area (Å²) in [7, 11) is 3.97. The topological polar surface area (TPSA) is 36.4 Å². The highest BCUT2D eigenvalue weighted by molar-refractivity contribution is 7.22. The molecule has 0 N–H and O–H groups in total. The first-order chi connectivity index (χ1) is 12.5. The fourth-order valence-corrected chi connectivity index (χ4v) is 3.70. The van der Waals surface area contributed by atoms with Crippen molar-refractivity contribution in [3.63, 3.8) is 0 Å². The van der Waals surface area contributed by atoms with E-state index in [9.17, 15) is 4.79 Å². The Balaban J connectivity index is 1.87. The lowest BCUT2D eigenvalue weighted by molar-refractivity contribution is -0.114. The zero-order chi connectivity index (χ0) is 18.5. The van der Waals surface area contributed by atoms with Gasteiger partial charge in [0.15, 0.2) is 5.13 Å². The molecule has 4 nitrogen and oxygen atoms in total. The van der Waals surface area contributed by atoms with Crippen molar-refractivity contribution in [1.82, 2.24) is 9.88 Å². The van der Waals surface area contributed by atoms with Crippen molar-refractivity contribution < 1.29 is 4.79 Å².